The van der Waals surface area contributed by atoms with Crippen molar-refractivity contribution in [1.82, 2.24) is 19.5 Å². The largest absolute Gasteiger partial charge is 0.390 e. The van der Waals surface area contributed by atoms with Crippen molar-refractivity contribution >= 4 is 17.0 Å². The number of nitrogens with zero attached hydrogens (tertiary/aromatic N) is 4. The molecule has 8 heteroatoms. The lowest BCUT2D eigenvalue weighted by molar-refractivity contribution is 0.00386. The van der Waals surface area contributed by atoms with Gasteiger partial charge in [-0.25, -0.2) is 19.3 Å². The van der Waals surface area contributed by atoms with Crippen molar-refractivity contribution in [3.05, 3.63) is 47.8 Å². The summed E-state index contributed by atoms with van der Waals surface area (Å²) in [5, 5.41) is 24.1. The van der Waals surface area contributed by atoms with E-state index in [2.05, 4.69) is 39.0 Å². The number of aliphatic hydroxyl groups excluding tert-OH is 2. The first kappa shape index (κ1) is 20.9. The first-order valence-corrected chi connectivity index (χ1v) is 11.1. The molecule has 2 aliphatic rings. The number of nitrogens with one attached hydrogen (secondary N) is 1. The minimum Gasteiger partial charge on any atom is -0.390 e. The van der Waals surface area contributed by atoms with Crippen molar-refractivity contribution in [2.24, 2.45) is 11.8 Å². The van der Waals surface area contributed by atoms with Crippen LogP contribution in [0.5, 0.6) is 0 Å². The summed E-state index contributed by atoms with van der Waals surface area (Å²) in [5.74, 6) is 7.10. The highest BCUT2D eigenvalue weighted by Crippen LogP contribution is 2.57. The van der Waals surface area contributed by atoms with Gasteiger partial charge in [0.05, 0.1) is 18.5 Å². The van der Waals surface area contributed by atoms with Gasteiger partial charge in [0.15, 0.2) is 17.0 Å². The highest BCUT2D eigenvalue weighted by Gasteiger charge is 2.60. The second-order valence-electron chi connectivity index (χ2n) is 8.64. The molecular formula is C24H26FN5O2. The average Bonchev–Trinajstić information content (AvgIpc) is 3.39. The van der Waals surface area contributed by atoms with E-state index >= 15 is 0 Å². The van der Waals surface area contributed by atoms with Crippen LogP contribution in [0.1, 0.15) is 50.0 Å². The second kappa shape index (κ2) is 8.49. The number of imidazole rings is 1. The predicted molar refractivity (Wildman–Crippen MR) is 118 cm³/mol. The summed E-state index contributed by atoms with van der Waals surface area (Å²) >= 11 is 0. The molecule has 0 bridgehead atoms. The maximum Gasteiger partial charge on any atom is 0.208 e. The molecular weight excluding hydrogens is 409 g/mol. The number of fused-ring (bicyclic) bond motifs is 2. The highest BCUT2D eigenvalue weighted by molar-refractivity contribution is 5.83. The lowest BCUT2D eigenvalue weighted by atomic mass is 10.1. The highest BCUT2D eigenvalue weighted by atomic mass is 19.1. The molecule has 5 atom stereocenters. The smallest absolute Gasteiger partial charge is 0.208 e. The Kier molecular flexibility index (Phi) is 5.53. The number of aliphatic hydroxyl groups is 2. The molecule has 0 aliphatic heterocycles. The Morgan fingerprint density at radius 2 is 2.09 bits per heavy atom. The summed E-state index contributed by atoms with van der Waals surface area (Å²) in [6, 6.07) is 6.11. The quantitative estimate of drug-likeness (QED) is 0.407. The van der Waals surface area contributed by atoms with Crippen LogP contribution in [0.15, 0.2) is 30.6 Å². The zero-order valence-electron chi connectivity index (χ0n) is 17.9. The number of aromatic nitrogens is 4. The van der Waals surface area contributed by atoms with E-state index in [4.69, 9.17) is 0 Å². The molecule has 2 fully saturated rings. The Balaban J connectivity index is 1.51. The summed E-state index contributed by atoms with van der Waals surface area (Å²) in [6.45, 7) is 2.48. The first-order valence-electron chi connectivity index (χ1n) is 11.1. The van der Waals surface area contributed by atoms with Crippen molar-refractivity contribution < 1.29 is 14.6 Å². The number of benzene rings is 1. The van der Waals surface area contributed by atoms with Crippen molar-refractivity contribution in [3.8, 4) is 11.8 Å². The van der Waals surface area contributed by atoms with Gasteiger partial charge in [-0.1, -0.05) is 31.4 Å². The summed E-state index contributed by atoms with van der Waals surface area (Å²) < 4.78 is 15.4. The maximum absolute atomic E-state index is 13.6. The predicted octanol–water partition coefficient (Wildman–Crippen LogP) is 3.03. The minimum atomic E-state index is -0.853. The van der Waals surface area contributed by atoms with E-state index < -0.39 is 12.2 Å². The third-order valence-electron chi connectivity index (χ3n) is 6.42. The van der Waals surface area contributed by atoms with Crippen molar-refractivity contribution in [2.75, 3.05) is 5.32 Å². The molecule has 3 aromatic rings. The van der Waals surface area contributed by atoms with E-state index in [-0.39, 0.29) is 23.7 Å². The summed E-state index contributed by atoms with van der Waals surface area (Å²) in [4.78, 5) is 13.7. The number of unbranched alkanes of at least 4 members (excludes halogenated alkanes) is 2. The molecule has 0 spiro atoms. The van der Waals surface area contributed by atoms with Crippen LogP contribution in [0.2, 0.25) is 0 Å². The maximum atomic E-state index is 13.6. The Bertz CT molecular complexity index is 1200. The molecule has 2 aromatic heterocycles. The lowest BCUT2D eigenvalue weighted by Gasteiger charge is -2.22. The Labute approximate surface area is 185 Å². The van der Waals surface area contributed by atoms with Crippen LogP contribution in [0.4, 0.5) is 10.2 Å². The Hall–Kier alpha value is -3.02. The fraction of sp³-hybridized carbons (Fsp3) is 0.458. The molecule has 2 heterocycles. The van der Waals surface area contributed by atoms with Gasteiger partial charge in [-0.3, -0.25) is 0 Å². The Morgan fingerprint density at radius 3 is 2.84 bits per heavy atom. The molecule has 1 aromatic carbocycles. The molecule has 3 N–H and O–H groups in total. The molecule has 0 amide bonds. The molecule has 2 aliphatic carbocycles. The van der Waals surface area contributed by atoms with Crippen molar-refractivity contribution in [1.29, 1.82) is 0 Å². The van der Waals surface area contributed by atoms with Gasteiger partial charge >= 0.3 is 0 Å². The number of hydrogen-bond donors (Lipinski definition) is 3. The molecule has 0 saturated heterocycles. The van der Waals surface area contributed by atoms with Crippen LogP contribution in [-0.4, -0.2) is 41.9 Å². The van der Waals surface area contributed by atoms with E-state index in [0.717, 1.165) is 31.2 Å². The summed E-state index contributed by atoms with van der Waals surface area (Å²) in [5.41, 5.74) is 1.92. The molecule has 0 radical (unpaired) electrons. The monoisotopic (exact) mass is 435 g/mol. The van der Waals surface area contributed by atoms with Crippen LogP contribution in [0.3, 0.4) is 0 Å². The third-order valence-corrected chi connectivity index (χ3v) is 6.42. The minimum absolute atomic E-state index is 0.133. The van der Waals surface area contributed by atoms with Crippen LogP contribution in [0.25, 0.3) is 11.2 Å². The van der Waals surface area contributed by atoms with Gasteiger partial charge in [0.25, 0.3) is 0 Å². The molecule has 2 saturated carbocycles. The van der Waals surface area contributed by atoms with Gasteiger partial charge in [-0.2, -0.15) is 0 Å². The summed E-state index contributed by atoms with van der Waals surface area (Å²) in [7, 11) is 0. The van der Waals surface area contributed by atoms with Crippen molar-refractivity contribution in [2.45, 2.75) is 57.4 Å². The van der Waals surface area contributed by atoms with Gasteiger partial charge in [-0.15, -0.1) is 0 Å². The van der Waals surface area contributed by atoms with Gasteiger partial charge in [0, 0.05) is 13.0 Å². The average molecular weight is 436 g/mol. The zero-order valence-corrected chi connectivity index (χ0v) is 17.9. The standard InChI is InChI=1S/C24H26FN5O2/c1-2-3-4-5-9-18-28-23(26-12-14-7-6-8-15(25)10-14)19-24(29-18)30(13-27-19)20-16-11-17(16)21(31)22(20)32/h6-8,10,13,16-17,20-22,31-32H,2-4,11-12H2,1H3,(H,26,28,29)/t16-,17+,20+,21+,22-/m0/s1. The fourth-order valence-electron chi connectivity index (χ4n) is 4.65. The molecule has 166 valence electrons. The number of hydrogen-bond acceptors (Lipinski definition) is 6. The molecule has 0 unspecified atom stereocenters. The van der Waals surface area contributed by atoms with Gasteiger partial charge in [0.2, 0.25) is 5.82 Å². The van der Waals surface area contributed by atoms with E-state index in [1.165, 1.54) is 12.1 Å². The normalized spacial score (nSPS) is 25.9. The van der Waals surface area contributed by atoms with Crippen molar-refractivity contribution in [3.63, 3.8) is 0 Å². The molecule has 5 rings (SSSR count). The van der Waals surface area contributed by atoms with E-state index in [0.29, 0.717) is 29.4 Å². The Morgan fingerprint density at radius 1 is 1.22 bits per heavy atom. The number of halogens is 1. The fourth-order valence-corrected chi connectivity index (χ4v) is 4.65. The molecule has 7 nitrogen and oxygen atoms in total. The summed E-state index contributed by atoms with van der Waals surface area (Å²) in [6.07, 6.45) is 3.81. The van der Waals surface area contributed by atoms with E-state index in [9.17, 15) is 14.6 Å². The lowest BCUT2D eigenvalue weighted by Crippen LogP contribution is -2.31. The van der Waals surface area contributed by atoms with Gasteiger partial charge in [0.1, 0.15) is 11.9 Å². The topological polar surface area (TPSA) is 96.1 Å². The van der Waals surface area contributed by atoms with E-state index in [1.807, 2.05) is 10.6 Å². The number of anilines is 1. The van der Waals surface area contributed by atoms with E-state index in [1.54, 1.807) is 12.4 Å². The first-order chi connectivity index (χ1) is 15.6. The van der Waals surface area contributed by atoms with Crippen LogP contribution >= 0.6 is 0 Å². The second-order valence-corrected chi connectivity index (χ2v) is 8.64. The number of rotatable bonds is 6. The van der Waals surface area contributed by atoms with Gasteiger partial charge < -0.3 is 20.1 Å². The van der Waals surface area contributed by atoms with Crippen LogP contribution < -0.4 is 5.32 Å². The zero-order chi connectivity index (χ0) is 22.2. The van der Waals surface area contributed by atoms with Crippen LogP contribution in [0, 0.1) is 29.5 Å². The third kappa shape index (κ3) is 3.83. The van der Waals surface area contributed by atoms with Gasteiger partial charge in [-0.05, 0) is 48.3 Å². The molecule has 32 heavy (non-hydrogen) atoms. The van der Waals surface area contributed by atoms with Crippen LogP contribution in [-0.2, 0) is 6.54 Å². The SMILES string of the molecule is CCCCC#Cc1nc(NCc2cccc(F)c2)c2ncn([C@H]3[C@H](O)[C@H](O)[C@@H]4C[C@@H]43)c2n1.